The third-order valence-corrected chi connectivity index (χ3v) is 3.50. The molecule has 0 spiro atoms. The van der Waals surface area contributed by atoms with E-state index in [1.807, 2.05) is 0 Å². The predicted octanol–water partition coefficient (Wildman–Crippen LogP) is 3.45. The molecule has 1 aromatic carbocycles. The fourth-order valence-electron chi connectivity index (χ4n) is 2.35. The number of aromatic carboxylic acids is 1. The molecule has 0 radical (unpaired) electrons. The summed E-state index contributed by atoms with van der Waals surface area (Å²) in [5, 5.41) is 8.90. The molecule has 0 saturated heterocycles. The van der Waals surface area contributed by atoms with Crippen LogP contribution in [0, 0.1) is 11.6 Å². The fourth-order valence-corrected chi connectivity index (χ4v) is 2.35. The van der Waals surface area contributed by atoms with Crippen molar-refractivity contribution in [3.05, 3.63) is 77.4 Å². The second kappa shape index (κ2) is 7.27. The van der Waals surface area contributed by atoms with Gasteiger partial charge in [0.05, 0.1) is 19.4 Å². The zero-order chi connectivity index (χ0) is 17.8. The van der Waals surface area contributed by atoms with E-state index in [2.05, 4.69) is 4.98 Å². The van der Waals surface area contributed by atoms with Crippen molar-refractivity contribution in [3.8, 4) is 0 Å². The number of rotatable bonds is 7. The molecule has 2 aromatic heterocycles. The third kappa shape index (κ3) is 4.30. The van der Waals surface area contributed by atoms with Crippen LogP contribution in [-0.4, -0.2) is 21.0 Å². The van der Waals surface area contributed by atoms with Crippen molar-refractivity contribution in [3.63, 3.8) is 0 Å². The van der Waals surface area contributed by atoms with Gasteiger partial charge in [-0.05, 0) is 18.2 Å². The van der Waals surface area contributed by atoms with Crippen LogP contribution < -0.4 is 0 Å². The monoisotopic (exact) mass is 348 g/mol. The maximum absolute atomic E-state index is 13.9. The SMILES string of the molecule is O=C(O)c1coc(CN(Cc2ccco2)Cc2ccc(F)cc2F)n1. The molecule has 0 amide bonds. The van der Waals surface area contributed by atoms with E-state index < -0.39 is 17.6 Å². The van der Waals surface area contributed by atoms with Crippen LogP contribution in [0.4, 0.5) is 8.78 Å². The Hall–Kier alpha value is -3.00. The lowest BCUT2D eigenvalue weighted by atomic mass is 10.2. The summed E-state index contributed by atoms with van der Waals surface area (Å²) in [5.74, 6) is -1.71. The molecule has 0 atom stereocenters. The lowest BCUT2D eigenvalue weighted by molar-refractivity contribution is 0.0690. The van der Waals surface area contributed by atoms with E-state index in [0.29, 0.717) is 12.3 Å². The van der Waals surface area contributed by atoms with Gasteiger partial charge < -0.3 is 13.9 Å². The van der Waals surface area contributed by atoms with Crippen molar-refractivity contribution in [1.29, 1.82) is 0 Å². The molecule has 0 unspecified atom stereocenters. The topological polar surface area (TPSA) is 79.7 Å². The molecule has 6 nitrogen and oxygen atoms in total. The zero-order valence-corrected chi connectivity index (χ0v) is 13.0. The Morgan fingerprint density at radius 2 is 2.00 bits per heavy atom. The highest BCUT2D eigenvalue weighted by atomic mass is 19.1. The number of aromatic nitrogens is 1. The van der Waals surface area contributed by atoms with E-state index in [1.54, 1.807) is 17.0 Å². The number of hydrogen-bond donors (Lipinski definition) is 1. The minimum atomic E-state index is -1.20. The van der Waals surface area contributed by atoms with Crippen molar-refractivity contribution < 1.29 is 27.5 Å². The number of carboxylic acids is 1. The van der Waals surface area contributed by atoms with Gasteiger partial charge in [0.25, 0.3) is 0 Å². The third-order valence-electron chi connectivity index (χ3n) is 3.50. The van der Waals surface area contributed by atoms with Crippen LogP contribution >= 0.6 is 0 Å². The van der Waals surface area contributed by atoms with Crippen molar-refractivity contribution >= 4 is 5.97 Å². The molecule has 3 rings (SSSR count). The van der Waals surface area contributed by atoms with Crippen LogP contribution in [0.3, 0.4) is 0 Å². The van der Waals surface area contributed by atoms with Gasteiger partial charge in [0.2, 0.25) is 5.89 Å². The predicted molar refractivity (Wildman–Crippen MR) is 81.5 cm³/mol. The minimum absolute atomic E-state index is 0.130. The molecule has 0 saturated carbocycles. The summed E-state index contributed by atoms with van der Waals surface area (Å²) in [4.78, 5) is 16.5. The quantitative estimate of drug-likeness (QED) is 0.704. The van der Waals surface area contributed by atoms with Gasteiger partial charge >= 0.3 is 5.97 Å². The summed E-state index contributed by atoms with van der Waals surface area (Å²) in [6, 6.07) is 6.83. The summed E-state index contributed by atoms with van der Waals surface area (Å²) >= 11 is 0. The van der Waals surface area contributed by atoms with Gasteiger partial charge in [-0.25, -0.2) is 18.6 Å². The highest BCUT2D eigenvalue weighted by Gasteiger charge is 2.17. The normalized spacial score (nSPS) is 11.2. The lowest BCUT2D eigenvalue weighted by Gasteiger charge is -2.20. The average Bonchev–Trinajstić information content (AvgIpc) is 3.22. The Labute approximate surface area is 141 Å². The molecule has 130 valence electrons. The molecule has 25 heavy (non-hydrogen) atoms. The smallest absolute Gasteiger partial charge is 0.357 e. The van der Waals surface area contributed by atoms with Gasteiger partial charge in [-0.15, -0.1) is 0 Å². The molecule has 0 bridgehead atoms. The highest BCUT2D eigenvalue weighted by molar-refractivity contribution is 5.84. The van der Waals surface area contributed by atoms with Crippen LogP contribution in [0.25, 0.3) is 0 Å². The highest BCUT2D eigenvalue weighted by Crippen LogP contribution is 2.17. The standard InChI is InChI=1S/C17H14F2N2O4/c18-12-4-3-11(14(19)6-12)7-21(8-13-2-1-5-24-13)9-16-20-15(10-25-16)17(22)23/h1-6,10H,7-9H2,(H,22,23). The summed E-state index contributed by atoms with van der Waals surface area (Å²) in [5.41, 5.74) is 0.0823. The fraction of sp³-hybridized carbons (Fsp3) is 0.176. The number of oxazole rings is 1. The van der Waals surface area contributed by atoms with Crippen molar-refractivity contribution in [2.45, 2.75) is 19.6 Å². The van der Waals surface area contributed by atoms with Crippen LogP contribution in [0.2, 0.25) is 0 Å². The number of benzene rings is 1. The lowest BCUT2D eigenvalue weighted by Crippen LogP contribution is -2.23. The molecule has 0 fully saturated rings. The molecular formula is C17H14F2N2O4. The Morgan fingerprint density at radius 3 is 2.64 bits per heavy atom. The van der Waals surface area contributed by atoms with E-state index >= 15 is 0 Å². The maximum atomic E-state index is 13.9. The minimum Gasteiger partial charge on any atom is -0.476 e. The first-order chi connectivity index (χ1) is 12.0. The van der Waals surface area contributed by atoms with Gasteiger partial charge in [-0.1, -0.05) is 6.07 Å². The number of hydrogen-bond acceptors (Lipinski definition) is 5. The van der Waals surface area contributed by atoms with Crippen molar-refractivity contribution in [2.24, 2.45) is 0 Å². The number of carbonyl (C=O) groups is 1. The van der Waals surface area contributed by atoms with Gasteiger partial charge in [-0.3, -0.25) is 4.90 Å². The first-order valence-corrected chi connectivity index (χ1v) is 7.37. The maximum Gasteiger partial charge on any atom is 0.357 e. The summed E-state index contributed by atoms with van der Waals surface area (Å²) in [6.07, 6.45) is 2.56. The molecule has 0 aliphatic heterocycles. The van der Waals surface area contributed by atoms with Gasteiger partial charge in [0.1, 0.15) is 23.7 Å². The van der Waals surface area contributed by atoms with Gasteiger partial charge in [0, 0.05) is 18.2 Å². The molecule has 0 aliphatic rings. The van der Waals surface area contributed by atoms with E-state index in [1.165, 1.54) is 18.4 Å². The number of halogens is 2. The molecule has 0 aliphatic carbocycles. The summed E-state index contributed by atoms with van der Waals surface area (Å²) in [7, 11) is 0. The first-order valence-electron chi connectivity index (χ1n) is 7.37. The Morgan fingerprint density at radius 1 is 1.16 bits per heavy atom. The Balaban J connectivity index is 1.79. The molecular weight excluding hydrogens is 334 g/mol. The zero-order valence-electron chi connectivity index (χ0n) is 13.0. The second-order valence-corrected chi connectivity index (χ2v) is 5.39. The van der Waals surface area contributed by atoms with E-state index in [0.717, 1.165) is 12.3 Å². The van der Waals surface area contributed by atoms with Crippen LogP contribution in [0.15, 0.2) is 51.7 Å². The van der Waals surface area contributed by atoms with E-state index in [9.17, 15) is 13.6 Å². The van der Waals surface area contributed by atoms with Crippen molar-refractivity contribution in [2.75, 3.05) is 0 Å². The molecule has 1 N–H and O–H groups in total. The van der Waals surface area contributed by atoms with Gasteiger partial charge in [0.15, 0.2) is 5.69 Å². The summed E-state index contributed by atoms with van der Waals surface area (Å²) < 4.78 is 37.4. The Bertz CT molecular complexity index is 861. The van der Waals surface area contributed by atoms with E-state index in [4.69, 9.17) is 13.9 Å². The average molecular weight is 348 g/mol. The largest absolute Gasteiger partial charge is 0.476 e. The molecule has 2 heterocycles. The van der Waals surface area contributed by atoms with Crippen LogP contribution in [-0.2, 0) is 19.6 Å². The molecule has 8 heteroatoms. The van der Waals surface area contributed by atoms with Crippen LogP contribution in [0.5, 0.6) is 0 Å². The Kier molecular flexibility index (Phi) is 4.90. The molecule has 3 aromatic rings. The van der Waals surface area contributed by atoms with Gasteiger partial charge in [-0.2, -0.15) is 0 Å². The second-order valence-electron chi connectivity index (χ2n) is 5.39. The number of carboxylic acid groups (broad SMARTS) is 1. The van der Waals surface area contributed by atoms with Crippen LogP contribution in [0.1, 0.15) is 27.7 Å². The summed E-state index contributed by atoms with van der Waals surface area (Å²) in [6.45, 7) is 0.580. The van der Waals surface area contributed by atoms with Crippen molar-refractivity contribution in [1.82, 2.24) is 9.88 Å². The number of furan rings is 1. The van der Waals surface area contributed by atoms with E-state index in [-0.39, 0.29) is 30.2 Å². The first kappa shape index (κ1) is 16.8. The number of nitrogens with zero attached hydrogens (tertiary/aromatic N) is 2.